The predicted molar refractivity (Wildman–Crippen MR) is 104 cm³/mol. The van der Waals surface area contributed by atoms with E-state index in [9.17, 15) is 14.7 Å². The van der Waals surface area contributed by atoms with E-state index in [1.54, 1.807) is 61.6 Å². The van der Waals surface area contributed by atoms with Crippen molar-refractivity contribution in [1.29, 1.82) is 0 Å². The summed E-state index contributed by atoms with van der Waals surface area (Å²) in [6.45, 7) is 0. The van der Waals surface area contributed by atoms with Gasteiger partial charge in [0.15, 0.2) is 5.60 Å². The monoisotopic (exact) mass is 358 g/mol. The van der Waals surface area contributed by atoms with Crippen LogP contribution in [0, 0.1) is 0 Å². The molecule has 2 N–H and O–H groups in total. The van der Waals surface area contributed by atoms with Gasteiger partial charge in [-0.3, -0.25) is 9.59 Å². The van der Waals surface area contributed by atoms with Gasteiger partial charge in [-0.25, -0.2) is 0 Å². The zero-order valence-corrected chi connectivity index (χ0v) is 14.7. The normalized spacial score (nSPS) is 17.9. The third-order valence-corrected chi connectivity index (χ3v) is 4.87. The standard InChI is InChI=1S/C22H18N2O3/c1-24(20(25)15-8-4-2-5-9-15)17-12-13-18-19(14-17)23-21(26)22(18,27)16-10-6-3-7-11-16/h2-14,27H,1H3,(H,23,26)/t22-/m1/s1. The molecule has 4 rings (SSSR count). The fraction of sp³-hybridized carbons (Fsp3) is 0.0909. The summed E-state index contributed by atoms with van der Waals surface area (Å²) >= 11 is 0. The first kappa shape index (κ1) is 17.0. The molecule has 0 saturated carbocycles. The summed E-state index contributed by atoms with van der Waals surface area (Å²) in [6.07, 6.45) is 0. The Kier molecular flexibility index (Phi) is 4.01. The first-order valence-electron chi connectivity index (χ1n) is 8.59. The molecular formula is C22H18N2O3. The molecule has 1 aliphatic heterocycles. The van der Waals surface area contributed by atoms with Crippen molar-refractivity contribution in [1.82, 2.24) is 0 Å². The lowest BCUT2D eigenvalue weighted by atomic mass is 9.87. The lowest BCUT2D eigenvalue weighted by Crippen LogP contribution is -2.35. The lowest BCUT2D eigenvalue weighted by Gasteiger charge is -2.22. The summed E-state index contributed by atoms with van der Waals surface area (Å²) in [5.41, 5.74) is 0.935. The number of fused-ring (bicyclic) bond motifs is 1. The van der Waals surface area contributed by atoms with Crippen molar-refractivity contribution in [2.45, 2.75) is 5.60 Å². The number of carbonyl (C=O) groups is 2. The summed E-state index contributed by atoms with van der Waals surface area (Å²) in [5.74, 6) is -0.656. The number of nitrogens with one attached hydrogen (secondary N) is 1. The van der Waals surface area contributed by atoms with Crippen molar-refractivity contribution >= 4 is 23.2 Å². The van der Waals surface area contributed by atoms with Gasteiger partial charge in [-0.2, -0.15) is 0 Å². The minimum absolute atomic E-state index is 0.154. The van der Waals surface area contributed by atoms with E-state index in [2.05, 4.69) is 5.32 Å². The molecule has 0 bridgehead atoms. The molecule has 0 saturated heterocycles. The van der Waals surface area contributed by atoms with E-state index >= 15 is 0 Å². The molecule has 0 unspecified atom stereocenters. The quantitative estimate of drug-likeness (QED) is 0.756. The van der Waals surface area contributed by atoms with Crippen LogP contribution in [0.15, 0.2) is 78.9 Å². The molecule has 5 heteroatoms. The smallest absolute Gasteiger partial charge is 0.265 e. The van der Waals surface area contributed by atoms with E-state index in [4.69, 9.17) is 0 Å². The van der Waals surface area contributed by atoms with Crippen LogP contribution in [0.1, 0.15) is 21.5 Å². The van der Waals surface area contributed by atoms with E-state index in [1.165, 1.54) is 4.90 Å². The zero-order valence-electron chi connectivity index (χ0n) is 14.7. The molecule has 0 radical (unpaired) electrons. The van der Waals surface area contributed by atoms with Gasteiger partial charge in [0, 0.05) is 29.5 Å². The van der Waals surface area contributed by atoms with Gasteiger partial charge in [0.05, 0.1) is 0 Å². The number of amides is 2. The lowest BCUT2D eigenvalue weighted by molar-refractivity contribution is -0.129. The number of carbonyl (C=O) groups excluding carboxylic acids is 2. The molecule has 0 aromatic heterocycles. The summed E-state index contributed by atoms with van der Waals surface area (Å²) in [4.78, 5) is 26.7. The van der Waals surface area contributed by atoms with Gasteiger partial charge >= 0.3 is 0 Å². The number of hydrogen-bond acceptors (Lipinski definition) is 3. The molecule has 2 amide bonds. The highest BCUT2D eigenvalue weighted by Crippen LogP contribution is 2.42. The third-order valence-electron chi connectivity index (χ3n) is 4.87. The maximum absolute atomic E-state index is 12.6. The van der Waals surface area contributed by atoms with E-state index in [0.29, 0.717) is 28.1 Å². The SMILES string of the molecule is CN(C(=O)c1ccccc1)c1ccc2c(c1)NC(=O)[C@@]2(O)c1ccccc1. The van der Waals surface area contributed by atoms with Crippen LogP contribution < -0.4 is 10.2 Å². The Balaban J connectivity index is 1.71. The molecule has 1 heterocycles. The average molecular weight is 358 g/mol. The molecule has 1 atom stereocenters. The highest BCUT2D eigenvalue weighted by molar-refractivity contribution is 6.09. The van der Waals surface area contributed by atoms with Crippen molar-refractivity contribution in [3.63, 3.8) is 0 Å². The number of anilines is 2. The van der Waals surface area contributed by atoms with E-state index in [-0.39, 0.29) is 5.91 Å². The van der Waals surface area contributed by atoms with Crippen LogP contribution in [0.2, 0.25) is 0 Å². The molecule has 0 aliphatic carbocycles. The van der Waals surface area contributed by atoms with Gasteiger partial charge in [-0.05, 0) is 29.8 Å². The maximum atomic E-state index is 12.6. The van der Waals surface area contributed by atoms with Gasteiger partial charge in [-0.15, -0.1) is 0 Å². The van der Waals surface area contributed by atoms with Crippen LogP contribution in [0.25, 0.3) is 0 Å². The van der Waals surface area contributed by atoms with Crippen LogP contribution in [0.5, 0.6) is 0 Å². The third kappa shape index (κ3) is 2.69. The number of nitrogens with zero attached hydrogens (tertiary/aromatic N) is 1. The number of aliphatic hydroxyl groups is 1. The molecule has 0 fully saturated rings. The van der Waals surface area contributed by atoms with Crippen molar-refractivity contribution in [2.24, 2.45) is 0 Å². The summed E-state index contributed by atoms with van der Waals surface area (Å²) < 4.78 is 0. The Hall–Kier alpha value is -3.44. The van der Waals surface area contributed by atoms with Gasteiger partial charge in [0.1, 0.15) is 0 Å². The van der Waals surface area contributed by atoms with Crippen LogP contribution in [0.3, 0.4) is 0 Å². The molecule has 27 heavy (non-hydrogen) atoms. The molecule has 5 nitrogen and oxygen atoms in total. The number of rotatable bonds is 3. The van der Waals surface area contributed by atoms with Gasteiger partial charge in [-0.1, -0.05) is 54.6 Å². The predicted octanol–water partition coefficient (Wildman–Crippen LogP) is 3.15. The second kappa shape index (κ2) is 6.37. The number of hydrogen-bond donors (Lipinski definition) is 2. The largest absolute Gasteiger partial charge is 0.372 e. The Bertz CT molecular complexity index is 1020. The fourth-order valence-electron chi connectivity index (χ4n) is 3.35. The van der Waals surface area contributed by atoms with E-state index in [0.717, 1.165) is 0 Å². The van der Waals surface area contributed by atoms with Crippen LogP contribution >= 0.6 is 0 Å². The van der Waals surface area contributed by atoms with Crippen LogP contribution in [-0.4, -0.2) is 24.0 Å². The van der Waals surface area contributed by atoms with Crippen molar-refractivity contribution < 1.29 is 14.7 Å². The highest BCUT2D eigenvalue weighted by atomic mass is 16.3. The topological polar surface area (TPSA) is 69.6 Å². The summed E-state index contributed by atoms with van der Waals surface area (Å²) in [5, 5.41) is 13.8. The van der Waals surface area contributed by atoms with Gasteiger partial charge in [0.25, 0.3) is 11.8 Å². The first-order valence-corrected chi connectivity index (χ1v) is 8.59. The van der Waals surface area contributed by atoms with Gasteiger partial charge in [0.2, 0.25) is 0 Å². The van der Waals surface area contributed by atoms with Crippen LogP contribution in [-0.2, 0) is 10.4 Å². The minimum Gasteiger partial charge on any atom is -0.372 e. The van der Waals surface area contributed by atoms with Crippen molar-refractivity contribution in [3.8, 4) is 0 Å². The fourth-order valence-corrected chi connectivity index (χ4v) is 3.35. The number of benzene rings is 3. The molecule has 1 aliphatic rings. The highest BCUT2D eigenvalue weighted by Gasteiger charge is 2.46. The second-order valence-corrected chi connectivity index (χ2v) is 6.49. The molecule has 3 aromatic carbocycles. The minimum atomic E-state index is -1.74. The van der Waals surface area contributed by atoms with E-state index < -0.39 is 11.5 Å². The van der Waals surface area contributed by atoms with Crippen molar-refractivity contribution in [3.05, 3.63) is 95.6 Å². The first-order chi connectivity index (χ1) is 13.0. The Morgan fingerprint density at radius 3 is 2.26 bits per heavy atom. The maximum Gasteiger partial charge on any atom is 0.265 e. The average Bonchev–Trinajstić information content (AvgIpc) is 2.98. The van der Waals surface area contributed by atoms with Gasteiger partial charge < -0.3 is 15.3 Å². The molecule has 3 aromatic rings. The zero-order chi connectivity index (χ0) is 19.0. The molecule has 0 spiro atoms. The summed E-state index contributed by atoms with van der Waals surface area (Å²) in [7, 11) is 1.68. The molecule has 134 valence electrons. The van der Waals surface area contributed by atoms with Crippen molar-refractivity contribution in [2.75, 3.05) is 17.3 Å². The Morgan fingerprint density at radius 2 is 1.59 bits per heavy atom. The van der Waals surface area contributed by atoms with Crippen LogP contribution in [0.4, 0.5) is 11.4 Å². The second-order valence-electron chi connectivity index (χ2n) is 6.49. The Labute approximate surface area is 156 Å². The summed E-state index contributed by atoms with van der Waals surface area (Å²) in [6, 6.07) is 22.9. The van der Waals surface area contributed by atoms with E-state index in [1.807, 2.05) is 24.3 Å². The molecular weight excluding hydrogens is 340 g/mol. The Morgan fingerprint density at radius 1 is 0.963 bits per heavy atom.